The summed E-state index contributed by atoms with van der Waals surface area (Å²) in [5.74, 6) is 1.93. The van der Waals surface area contributed by atoms with Crippen molar-refractivity contribution in [3.05, 3.63) is 84.3 Å². The molecule has 0 unspecified atom stereocenters. The second-order valence-electron chi connectivity index (χ2n) is 7.15. The maximum Gasteiger partial charge on any atom is 0.272 e. The van der Waals surface area contributed by atoms with Crippen molar-refractivity contribution >= 4 is 5.91 Å². The lowest BCUT2D eigenvalue weighted by Crippen LogP contribution is -2.31. The molecule has 0 fully saturated rings. The van der Waals surface area contributed by atoms with Crippen molar-refractivity contribution < 1.29 is 18.7 Å². The highest BCUT2D eigenvalue weighted by atomic mass is 16.7. The molecule has 4 aromatic rings. The monoisotopic (exact) mass is 415 g/mol. The van der Waals surface area contributed by atoms with Crippen LogP contribution in [-0.4, -0.2) is 33.9 Å². The number of carbonyl (C=O) groups is 1. The third-order valence-electron chi connectivity index (χ3n) is 5.18. The van der Waals surface area contributed by atoms with Gasteiger partial charge in [-0.2, -0.15) is 5.10 Å². The Labute approximate surface area is 179 Å². The summed E-state index contributed by atoms with van der Waals surface area (Å²) in [4.78, 5) is 15.3. The zero-order chi connectivity index (χ0) is 21.2. The van der Waals surface area contributed by atoms with E-state index in [1.807, 2.05) is 61.5 Å². The zero-order valence-electron chi connectivity index (χ0n) is 17.0. The van der Waals surface area contributed by atoms with Crippen LogP contribution in [0.5, 0.6) is 11.5 Å². The molecule has 0 saturated carbocycles. The van der Waals surface area contributed by atoms with E-state index in [0.29, 0.717) is 36.0 Å². The van der Waals surface area contributed by atoms with E-state index in [-0.39, 0.29) is 12.7 Å². The summed E-state index contributed by atoms with van der Waals surface area (Å²) >= 11 is 0. The fourth-order valence-electron chi connectivity index (χ4n) is 3.59. The molecule has 2 aromatic carbocycles. The van der Waals surface area contributed by atoms with Crippen LogP contribution < -0.4 is 9.47 Å². The third-order valence-corrected chi connectivity index (χ3v) is 5.18. The van der Waals surface area contributed by atoms with Gasteiger partial charge in [-0.05, 0) is 48.9 Å². The van der Waals surface area contributed by atoms with E-state index >= 15 is 0 Å². The SMILES string of the molecule is CCN(Cc1ccc2c(c1)OCO2)C(=O)c1cc(-c2ccco2)nn1-c1ccccc1. The highest BCUT2D eigenvalue weighted by molar-refractivity contribution is 5.94. The average molecular weight is 415 g/mol. The Bertz CT molecular complexity index is 1200. The quantitative estimate of drug-likeness (QED) is 0.463. The number of aromatic nitrogens is 2. The van der Waals surface area contributed by atoms with Crippen molar-refractivity contribution in [1.29, 1.82) is 0 Å². The largest absolute Gasteiger partial charge is 0.463 e. The van der Waals surface area contributed by atoms with Gasteiger partial charge in [0.25, 0.3) is 5.91 Å². The second-order valence-corrected chi connectivity index (χ2v) is 7.15. The lowest BCUT2D eigenvalue weighted by atomic mass is 10.1. The number of hydrogen-bond donors (Lipinski definition) is 0. The summed E-state index contributed by atoms with van der Waals surface area (Å²) in [6, 6.07) is 20.8. The molecule has 0 radical (unpaired) electrons. The number of nitrogens with zero attached hydrogens (tertiary/aromatic N) is 3. The van der Waals surface area contributed by atoms with E-state index in [9.17, 15) is 4.79 Å². The Kier molecular flexibility index (Phi) is 4.92. The maximum absolute atomic E-state index is 13.6. The lowest BCUT2D eigenvalue weighted by molar-refractivity contribution is 0.0743. The Morgan fingerprint density at radius 2 is 1.87 bits per heavy atom. The molecule has 0 saturated heterocycles. The average Bonchev–Trinajstić information content (AvgIpc) is 3.57. The minimum absolute atomic E-state index is 0.116. The first-order valence-corrected chi connectivity index (χ1v) is 10.1. The third kappa shape index (κ3) is 3.66. The number of ether oxygens (including phenoxy) is 2. The molecule has 156 valence electrons. The molecule has 1 aliphatic rings. The van der Waals surface area contributed by atoms with Crippen LogP contribution >= 0.6 is 0 Å². The smallest absolute Gasteiger partial charge is 0.272 e. The Morgan fingerprint density at radius 1 is 1.03 bits per heavy atom. The standard InChI is InChI=1S/C24H21N3O4/c1-2-26(15-17-10-11-22-23(13-17)31-16-30-22)24(28)20-14-19(21-9-6-12-29-21)25-27(20)18-7-4-3-5-8-18/h3-14H,2,15-16H2,1H3. The normalized spacial score (nSPS) is 12.2. The van der Waals surface area contributed by atoms with Gasteiger partial charge in [0.1, 0.15) is 11.4 Å². The fraction of sp³-hybridized carbons (Fsp3) is 0.167. The second kappa shape index (κ2) is 8.02. The molecule has 7 nitrogen and oxygen atoms in total. The van der Waals surface area contributed by atoms with E-state index in [2.05, 4.69) is 5.10 Å². The number of amides is 1. The molecule has 1 aliphatic heterocycles. The molecule has 0 aliphatic carbocycles. The van der Waals surface area contributed by atoms with Crippen molar-refractivity contribution in [3.63, 3.8) is 0 Å². The van der Waals surface area contributed by atoms with Crippen LogP contribution in [0.4, 0.5) is 0 Å². The van der Waals surface area contributed by atoms with Gasteiger partial charge in [0, 0.05) is 19.2 Å². The van der Waals surface area contributed by atoms with E-state index in [1.54, 1.807) is 28.0 Å². The van der Waals surface area contributed by atoms with Gasteiger partial charge in [-0.25, -0.2) is 4.68 Å². The number of benzene rings is 2. The molecule has 5 rings (SSSR count). The molecular formula is C24H21N3O4. The number of fused-ring (bicyclic) bond motifs is 1. The molecule has 7 heteroatoms. The van der Waals surface area contributed by atoms with Crippen molar-refractivity contribution in [1.82, 2.24) is 14.7 Å². The molecule has 31 heavy (non-hydrogen) atoms. The van der Waals surface area contributed by atoms with Gasteiger partial charge in [-0.3, -0.25) is 4.79 Å². The summed E-state index contributed by atoms with van der Waals surface area (Å²) in [6.07, 6.45) is 1.59. The first-order chi connectivity index (χ1) is 15.2. The maximum atomic E-state index is 13.6. The van der Waals surface area contributed by atoms with Gasteiger partial charge in [0.15, 0.2) is 17.3 Å². The molecule has 1 amide bonds. The van der Waals surface area contributed by atoms with E-state index in [1.165, 1.54) is 0 Å². The van der Waals surface area contributed by atoms with Gasteiger partial charge in [-0.15, -0.1) is 0 Å². The molecule has 3 heterocycles. The van der Waals surface area contributed by atoms with E-state index in [4.69, 9.17) is 13.9 Å². The highest BCUT2D eigenvalue weighted by Gasteiger charge is 2.24. The van der Waals surface area contributed by atoms with Crippen molar-refractivity contribution in [2.45, 2.75) is 13.5 Å². The Hall–Kier alpha value is -4.00. The molecular weight excluding hydrogens is 394 g/mol. The van der Waals surface area contributed by atoms with Crippen molar-refractivity contribution in [3.8, 4) is 28.6 Å². The van der Waals surface area contributed by atoms with Crippen LogP contribution in [0.25, 0.3) is 17.1 Å². The van der Waals surface area contributed by atoms with Gasteiger partial charge in [0.2, 0.25) is 6.79 Å². The number of furan rings is 1. The molecule has 0 bridgehead atoms. The van der Waals surface area contributed by atoms with E-state index in [0.717, 1.165) is 17.0 Å². The van der Waals surface area contributed by atoms with Crippen LogP contribution in [0, 0.1) is 0 Å². The van der Waals surface area contributed by atoms with Gasteiger partial charge in [0.05, 0.1) is 12.0 Å². The number of hydrogen-bond acceptors (Lipinski definition) is 5. The van der Waals surface area contributed by atoms with E-state index < -0.39 is 0 Å². The zero-order valence-corrected chi connectivity index (χ0v) is 17.0. The summed E-state index contributed by atoms with van der Waals surface area (Å²) in [7, 11) is 0. The number of rotatable bonds is 6. The van der Waals surface area contributed by atoms with Crippen LogP contribution in [0.3, 0.4) is 0 Å². The van der Waals surface area contributed by atoms with Crippen LogP contribution in [0.15, 0.2) is 77.4 Å². The number of carbonyl (C=O) groups excluding carboxylic acids is 1. The predicted molar refractivity (Wildman–Crippen MR) is 114 cm³/mol. The van der Waals surface area contributed by atoms with Crippen molar-refractivity contribution in [2.24, 2.45) is 0 Å². The summed E-state index contributed by atoms with van der Waals surface area (Å²) in [5.41, 5.74) is 2.86. The first-order valence-electron chi connectivity index (χ1n) is 10.1. The van der Waals surface area contributed by atoms with Crippen LogP contribution in [-0.2, 0) is 6.54 Å². The van der Waals surface area contributed by atoms with Crippen molar-refractivity contribution in [2.75, 3.05) is 13.3 Å². The Morgan fingerprint density at radius 3 is 2.65 bits per heavy atom. The molecule has 0 atom stereocenters. The minimum Gasteiger partial charge on any atom is -0.463 e. The summed E-state index contributed by atoms with van der Waals surface area (Å²) < 4.78 is 18.0. The predicted octanol–water partition coefficient (Wildman–Crippen LogP) is 4.52. The number of para-hydroxylation sites is 1. The molecule has 0 N–H and O–H groups in total. The minimum atomic E-state index is -0.116. The Balaban J connectivity index is 1.49. The summed E-state index contributed by atoms with van der Waals surface area (Å²) in [5, 5.41) is 4.65. The highest BCUT2D eigenvalue weighted by Crippen LogP contribution is 2.33. The first kappa shape index (κ1) is 19.0. The lowest BCUT2D eigenvalue weighted by Gasteiger charge is -2.21. The summed E-state index contributed by atoms with van der Waals surface area (Å²) in [6.45, 7) is 3.17. The molecule has 0 spiro atoms. The van der Waals surface area contributed by atoms with Gasteiger partial charge < -0.3 is 18.8 Å². The molecule has 2 aromatic heterocycles. The topological polar surface area (TPSA) is 69.7 Å². The van der Waals surface area contributed by atoms with Crippen LogP contribution in [0.2, 0.25) is 0 Å². The fourth-order valence-corrected chi connectivity index (χ4v) is 3.59. The van der Waals surface area contributed by atoms with Gasteiger partial charge in [-0.1, -0.05) is 24.3 Å². The van der Waals surface area contributed by atoms with Crippen LogP contribution in [0.1, 0.15) is 23.0 Å². The van der Waals surface area contributed by atoms with Gasteiger partial charge >= 0.3 is 0 Å².